The van der Waals surface area contributed by atoms with Crippen molar-refractivity contribution in [2.75, 3.05) is 13.2 Å². The second-order valence-corrected chi connectivity index (χ2v) is 3.68. The molecule has 0 unspecified atom stereocenters. The number of rotatable bonds is 8. The SMILES string of the molecule is CCCC=C(C(=O)OCCC)C(=O)OCCC. The summed E-state index contributed by atoms with van der Waals surface area (Å²) >= 11 is 0. The van der Waals surface area contributed by atoms with E-state index < -0.39 is 11.9 Å². The molecule has 0 aromatic heterocycles. The molecule has 0 atom stereocenters. The maximum Gasteiger partial charge on any atom is 0.345 e. The van der Waals surface area contributed by atoms with Gasteiger partial charge in [-0.1, -0.05) is 33.3 Å². The van der Waals surface area contributed by atoms with Crippen molar-refractivity contribution < 1.29 is 19.1 Å². The van der Waals surface area contributed by atoms with Crippen LogP contribution >= 0.6 is 0 Å². The zero-order valence-electron chi connectivity index (χ0n) is 11.0. The van der Waals surface area contributed by atoms with Gasteiger partial charge in [-0.05, 0) is 19.3 Å². The van der Waals surface area contributed by atoms with Crippen LogP contribution in [0.25, 0.3) is 0 Å². The standard InChI is InChI=1S/C13H22O4/c1-4-7-8-11(12(14)16-9-5-2)13(15)17-10-6-3/h8H,4-7,9-10H2,1-3H3. The zero-order valence-corrected chi connectivity index (χ0v) is 11.0. The molecule has 0 aromatic carbocycles. The van der Waals surface area contributed by atoms with Crippen molar-refractivity contribution in [3.8, 4) is 0 Å². The second-order valence-electron chi connectivity index (χ2n) is 3.68. The van der Waals surface area contributed by atoms with Crippen LogP contribution in [0.5, 0.6) is 0 Å². The summed E-state index contributed by atoms with van der Waals surface area (Å²) in [4.78, 5) is 23.2. The molecule has 4 nitrogen and oxygen atoms in total. The molecule has 0 aliphatic carbocycles. The number of allylic oxidation sites excluding steroid dienone is 1. The Labute approximate surface area is 103 Å². The summed E-state index contributed by atoms with van der Waals surface area (Å²) < 4.78 is 9.89. The Balaban J connectivity index is 4.51. The van der Waals surface area contributed by atoms with E-state index in [9.17, 15) is 9.59 Å². The third-order valence-corrected chi connectivity index (χ3v) is 1.95. The zero-order chi connectivity index (χ0) is 13.1. The first-order valence-corrected chi connectivity index (χ1v) is 6.21. The quantitative estimate of drug-likeness (QED) is 0.284. The Morgan fingerprint density at radius 3 is 1.71 bits per heavy atom. The third-order valence-electron chi connectivity index (χ3n) is 1.95. The van der Waals surface area contributed by atoms with Gasteiger partial charge in [-0.25, -0.2) is 9.59 Å². The van der Waals surface area contributed by atoms with Crippen LogP contribution in [0.4, 0.5) is 0 Å². The van der Waals surface area contributed by atoms with E-state index in [1.165, 1.54) is 0 Å². The van der Waals surface area contributed by atoms with Gasteiger partial charge in [0.05, 0.1) is 13.2 Å². The van der Waals surface area contributed by atoms with Gasteiger partial charge in [0.15, 0.2) is 0 Å². The lowest BCUT2D eigenvalue weighted by Gasteiger charge is -2.07. The summed E-state index contributed by atoms with van der Waals surface area (Å²) in [7, 11) is 0. The Morgan fingerprint density at radius 2 is 1.35 bits per heavy atom. The minimum atomic E-state index is -0.582. The number of carbonyl (C=O) groups excluding carboxylic acids is 2. The van der Waals surface area contributed by atoms with E-state index in [4.69, 9.17) is 9.47 Å². The van der Waals surface area contributed by atoms with Gasteiger partial charge in [0.1, 0.15) is 5.57 Å². The lowest BCUT2D eigenvalue weighted by molar-refractivity contribution is -0.147. The largest absolute Gasteiger partial charge is 0.462 e. The van der Waals surface area contributed by atoms with E-state index in [1.807, 2.05) is 20.8 Å². The normalized spacial score (nSPS) is 9.59. The number of esters is 2. The summed E-state index contributed by atoms with van der Waals surface area (Å²) in [6.07, 6.45) is 4.59. The smallest absolute Gasteiger partial charge is 0.345 e. The molecule has 0 bridgehead atoms. The lowest BCUT2D eigenvalue weighted by Crippen LogP contribution is -2.19. The van der Waals surface area contributed by atoms with E-state index in [1.54, 1.807) is 6.08 Å². The molecular formula is C13H22O4. The van der Waals surface area contributed by atoms with Crippen molar-refractivity contribution in [3.05, 3.63) is 11.6 Å². The molecule has 0 aliphatic heterocycles. The minimum absolute atomic E-state index is 0.0220. The van der Waals surface area contributed by atoms with Crippen LogP contribution in [0.2, 0.25) is 0 Å². The molecule has 0 spiro atoms. The fraction of sp³-hybridized carbons (Fsp3) is 0.692. The van der Waals surface area contributed by atoms with E-state index in [2.05, 4.69) is 0 Å². The summed E-state index contributed by atoms with van der Waals surface area (Å²) in [5.74, 6) is -1.16. The molecule has 0 rings (SSSR count). The predicted molar refractivity (Wildman–Crippen MR) is 65.5 cm³/mol. The van der Waals surface area contributed by atoms with Gasteiger partial charge in [0.2, 0.25) is 0 Å². The number of carbonyl (C=O) groups is 2. The first-order chi connectivity index (χ1) is 8.17. The van der Waals surface area contributed by atoms with E-state index in [-0.39, 0.29) is 5.57 Å². The van der Waals surface area contributed by atoms with Crippen LogP contribution in [0.15, 0.2) is 11.6 Å². The monoisotopic (exact) mass is 242 g/mol. The van der Waals surface area contributed by atoms with Crippen molar-refractivity contribution in [2.24, 2.45) is 0 Å². The van der Waals surface area contributed by atoms with Crippen LogP contribution in [-0.2, 0) is 19.1 Å². The molecule has 0 fully saturated rings. The van der Waals surface area contributed by atoms with Gasteiger partial charge in [-0.2, -0.15) is 0 Å². The van der Waals surface area contributed by atoms with Crippen LogP contribution in [0, 0.1) is 0 Å². The number of hydrogen-bond donors (Lipinski definition) is 0. The van der Waals surface area contributed by atoms with Gasteiger partial charge >= 0.3 is 11.9 Å². The topological polar surface area (TPSA) is 52.6 Å². The van der Waals surface area contributed by atoms with E-state index in [0.29, 0.717) is 19.6 Å². The van der Waals surface area contributed by atoms with Crippen molar-refractivity contribution in [2.45, 2.75) is 46.5 Å². The van der Waals surface area contributed by atoms with Gasteiger partial charge in [0.25, 0.3) is 0 Å². The Bertz CT molecular complexity index is 247. The van der Waals surface area contributed by atoms with Crippen LogP contribution in [-0.4, -0.2) is 25.2 Å². The molecule has 98 valence electrons. The molecule has 0 aliphatic rings. The molecular weight excluding hydrogens is 220 g/mol. The van der Waals surface area contributed by atoms with Gasteiger partial charge in [-0.15, -0.1) is 0 Å². The van der Waals surface area contributed by atoms with Gasteiger partial charge in [-0.3, -0.25) is 0 Å². The van der Waals surface area contributed by atoms with E-state index >= 15 is 0 Å². The minimum Gasteiger partial charge on any atom is -0.462 e. The molecule has 0 N–H and O–H groups in total. The summed E-state index contributed by atoms with van der Waals surface area (Å²) in [5.41, 5.74) is 0.0220. The van der Waals surface area contributed by atoms with Crippen molar-refractivity contribution in [3.63, 3.8) is 0 Å². The summed E-state index contributed by atoms with van der Waals surface area (Å²) in [6, 6.07) is 0. The molecule has 0 saturated heterocycles. The number of ether oxygens (including phenoxy) is 2. The Morgan fingerprint density at radius 1 is 0.882 bits per heavy atom. The first-order valence-electron chi connectivity index (χ1n) is 6.21. The van der Waals surface area contributed by atoms with Crippen molar-refractivity contribution >= 4 is 11.9 Å². The Kier molecular flexibility index (Phi) is 9.11. The highest BCUT2D eigenvalue weighted by Crippen LogP contribution is 2.06. The number of unbranched alkanes of at least 4 members (excludes halogenated alkanes) is 1. The lowest BCUT2D eigenvalue weighted by atomic mass is 10.2. The number of hydrogen-bond acceptors (Lipinski definition) is 4. The molecule has 0 heterocycles. The van der Waals surface area contributed by atoms with E-state index in [0.717, 1.165) is 19.3 Å². The maximum atomic E-state index is 11.6. The molecule has 17 heavy (non-hydrogen) atoms. The highest BCUT2D eigenvalue weighted by Gasteiger charge is 2.20. The van der Waals surface area contributed by atoms with Crippen molar-refractivity contribution in [1.82, 2.24) is 0 Å². The molecule has 0 amide bonds. The maximum absolute atomic E-state index is 11.6. The second kappa shape index (κ2) is 9.87. The van der Waals surface area contributed by atoms with Gasteiger partial charge in [0, 0.05) is 0 Å². The fourth-order valence-electron chi connectivity index (χ4n) is 1.08. The van der Waals surface area contributed by atoms with Crippen LogP contribution in [0.3, 0.4) is 0 Å². The van der Waals surface area contributed by atoms with Crippen LogP contribution < -0.4 is 0 Å². The first kappa shape index (κ1) is 15.7. The average Bonchev–Trinajstić information content (AvgIpc) is 2.34. The average molecular weight is 242 g/mol. The summed E-state index contributed by atoms with van der Waals surface area (Å²) in [6.45, 7) is 6.42. The van der Waals surface area contributed by atoms with Gasteiger partial charge < -0.3 is 9.47 Å². The Hall–Kier alpha value is -1.32. The molecule has 0 saturated carbocycles. The van der Waals surface area contributed by atoms with Crippen molar-refractivity contribution in [1.29, 1.82) is 0 Å². The third kappa shape index (κ3) is 6.76. The molecule has 0 aromatic rings. The molecule has 4 heteroatoms. The summed E-state index contributed by atoms with van der Waals surface area (Å²) in [5, 5.41) is 0. The highest BCUT2D eigenvalue weighted by atomic mass is 16.6. The predicted octanol–water partition coefficient (Wildman–Crippen LogP) is 2.62. The molecule has 0 radical (unpaired) electrons. The van der Waals surface area contributed by atoms with Crippen LogP contribution in [0.1, 0.15) is 46.5 Å². The highest BCUT2D eigenvalue weighted by molar-refractivity contribution is 6.14. The fourth-order valence-corrected chi connectivity index (χ4v) is 1.08.